The molecule has 1 saturated carbocycles. The van der Waals surface area contributed by atoms with Gasteiger partial charge in [0.2, 0.25) is 0 Å². The zero-order chi connectivity index (χ0) is 10.7. The van der Waals surface area contributed by atoms with Crippen LogP contribution in [0.25, 0.3) is 0 Å². The molecule has 0 bridgehead atoms. The molecule has 0 saturated heterocycles. The molecule has 1 aromatic carbocycles. The summed E-state index contributed by atoms with van der Waals surface area (Å²) in [5, 5.41) is 8.68. The Balaban J connectivity index is 1.71. The monoisotopic (exact) mass is 206 g/mol. The summed E-state index contributed by atoms with van der Waals surface area (Å²) < 4.78 is 5.58. The third-order valence-electron chi connectivity index (χ3n) is 2.77. The molecule has 0 unspecified atom stereocenters. The molecule has 2 rings (SSSR count). The van der Waals surface area contributed by atoms with E-state index in [-0.39, 0.29) is 12.0 Å². The highest BCUT2D eigenvalue weighted by Gasteiger charge is 2.34. The molecular weight excluding hydrogens is 192 g/mol. The number of carboxylic acid groups (broad SMARTS) is 1. The largest absolute Gasteiger partial charge is 0.481 e. The molecule has 0 aliphatic heterocycles. The topological polar surface area (TPSA) is 46.5 Å². The van der Waals surface area contributed by atoms with E-state index in [0.717, 1.165) is 5.56 Å². The van der Waals surface area contributed by atoms with Crippen LogP contribution in [0.15, 0.2) is 30.3 Å². The van der Waals surface area contributed by atoms with Crippen molar-refractivity contribution in [1.29, 1.82) is 0 Å². The number of aliphatic carboxylic acids is 1. The minimum Gasteiger partial charge on any atom is -0.481 e. The number of rotatable bonds is 4. The quantitative estimate of drug-likeness (QED) is 0.820. The van der Waals surface area contributed by atoms with Gasteiger partial charge in [0.1, 0.15) is 0 Å². The van der Waals surface area contributed by atoms with E-state index >= 15 is 0 Å². The highest BCUT2D eigenvalue weighted by molar-refractivity contribution is 5.71. The van der Waals surface area contributed by atoms with Crippen LogP contribution in [0.2, 0.25) is 0 Å². The highest BCUT2D eigenvalue weighted by atomic mass is 16.5. The molecule has 1 aromatic rings. The molecule has 1 N–H and O–H groups in total. The number of hydrogen-bond acceptors (Lipinski definition) is 2. The summed E-state index contributed by atoms with van der Waals surface area (Å²) in [4.78, 5) is 10.5. The van der Waals surface area contributed by atoms with E-state index in [4.69, 9.17) is 9.84 Å². The lowest BCUT2D eigenvalue weighted by molar-refractivity contribution is -0.151. The minimum absolute atomic E-state index is 0.131. The van der Waals surface area contributed by atoms with Crippen molar-refractivity contribution in [2.24, 2.45) is 5.92 Å². The van der Waals surface area contributed by atoms with E-state index < -0.39 is 5.97 Å². The lowest BCUT2D eigenvalue weighted by atomic mass is 9.82. The van der Waals surface area contributed by atoms with Crippen molar-refractivity contribution in [3.8, 4) is 0 Å². The SMILES string of the molecule is O=C(O)[C@H]1C[C@H](OCc2ccccc2)C1. The molecule has 0 atom stereocenters. The summed E-state index contributed by atoms with van der Waals surface area (Å²) in [5.41, 5.74) is 1.14. The van der Waals surface area contributed by atoms with Gasteiger partial charge in [-0.3, -0.25) is 4.79 Å². The minimum atomic E-state index is -0.699. The van der Waals surface area contributed by atoms with Gasteiger partial charge in [-0.15, -0.1) is 0 Å². The van der Waals surface area contributed by atoms with Crippen LogP contribution in [-0.2, 0) is 16.1 Å². The van der Waals surface area contributed by atoms with Crippen LogP contribution in [-0.4, -0.2) is 17.2 Å². The van der Waals surface area contributed by atoms with Crippen LogP contribution in [0.1, 0.15) is 18.4 Å². The van der Waals surface area contributed by atoms with E-state index in [2.05, 4.69) is 0 Å². The van der Waals surface area contributed by atoms with Crippen molar-refractivity contribution in [2.45, 2.75) is 25.6 Å². The Hall–Kier alpha value is -1.35. The first-order valence-corrected chi connectivity index (χ1v) is 5.14. The second-order valence-electron chi connectivity index (χ2n) is 3.93. The maximum Gasteiger partial charge on any atom is 0.306 e. The standard InChI is InChI=1S/C12H14O3/c13-12(14)10-6-11(7-10)15-8-9-4-2-1-3-5-9/h1-5,10-11H,6-8H2,(H,13,14)/t10-,11-. The van der Waals surface area contributed by atoms with Crippen LogP contribution in [0.4, 0.5) is 0 Å². The molecule has 0 spiro atoms. The van der Waals surface area contributed by atoms with Crippen molar-refractivity contribution in [2.75, 3.05) is 0 Å². The predicted molar refractivity (Wildman–Crippen MR) is 55.4 cm³/mol. The number of carbonyl (C=O) groups is 1. The molecule has 1 aliphatic rings. The molecule has 0 amide bonds. The van der Waals surface area contributed by atoms with E-state index in [1.54, 1.807) is 0 Å². The Morgan fingerprint density at radius 2 is 2.00 bits per heavy atom. The predicted octanol–water partition coefficient (Wildman–Crippen LogP) is 2.07. The third-order valence-corrected chi connectivity index (χ3v) is 2.77. The Bertz CT molecular complexity index is 328. The average Bonchev–Trinajstić information content (AvgIpc) is 2.16. The molecule has 0 heterocycles. The smallest absolute Gasteiger partial charge is 0.306 e. The third kappa shape index (κ3) is 2.57. The maximum absolute atomic E-state index is 10.5. The number of ether oxygens (including phenoxy) is 1. The second kappa shape index (κ2) is 4.45. The van der Waals surface area contributed by atoms with Crippen molar-refractivity contribution in [1.82, 2.24) is 0 Å². The Labute approximate surface area is 88.7 Å². The first-order valence-electron chi connectivity index (χ1n) is 5.14. The number of carboxylic acids is 1. The number of hydrogen-bond donors (Lipinski definition) is 1. The van der Waals surface area contributed by atoms with E-state index in [9.17, 15) is 4.79 Å². The van der Waals surface area contributed by atoms with Gasteiger partial charge < -0.3 is 9.84 Å². The van der Waals surface area contributed by atoms with Crippen LogP contribution in [0, 0.1) is 5.92 Å². The van der Waals surface area contributed by atoms with Gasteiger partial charge in [-0.1, -0.05) is 30.3 Å². The fourth-order valence-corrected chi connectivity index (χ4v) is 1.69. The molecule has 3 heteroatoms. The van der Waals surface area contributed by atoms with Crippen molar-refractivity contribution in [3.63, 3.8) is 0 Å². The van der Waals surface area contributed by atoms with Crippen molar-refractivity contribution < 1.29 is 14.6 Å². The molecule has 1 aliphatic carbocycles. The van der Waals surface area contributed by atoms with E-state index in [1.807, 2.05) is 30.3 Å². The van der Waals surface area contributed by atoms with E-state index in [0.29, 0.717) is 19.4 Å². The van der Waals surface area contributed by atoms with Crippen LogP contribution in [0.3, 0.4) is 0 Å². The lowest BCUT2D eigenvalue weighted by Crippen LogP contribution is -2.36. The van der Waals surface area contributed by atoms with Gasteiger partial charge in [-0.25, -0.2) is 0 Å². The Kier molecular flexibility index (Phi) is 3.02. The zero-order valence-corrected chi connectivity index (χ0v) is 8.43. The van der Waals surface area contributed by atoms with Crippen LogP contribution in [0.5, 0.6) is 0 Å². The van der Waals surface area contributed by atoms with Gasteiger partial charge in [-0.05, 0) is 18.4 Å². The molecule has 80 valence electrons. The van der Waals surface area contributed by atoms with Gasteiger partial charge in [0.25, 0.3) is 0 Å². The highest BCUT2D eigenvalue weighted by Crippen LogP contribution is 2.30. The van der Waals surface area contributed by atoms with E-state index in [1.165, 1.54) is 0 Å². The normalized spacial score (nSPS) is 24.5. The summed E-state index contributed by atoms with van der Waals surface area (Å²) in [6.45, 7) is 0.581. The van der Waals surface area contributed by atoms with Gasteiger partial charge in [-0.2, -0.15) is 0 Å². The summed E-state index contributed by atoms with van der Waals surface area (Å²) in [7, 11) is 0. The van der Waals surface area contributed by atoms with Crippen LogP contribution >= 0.6 is 0 Å². The van der Waals surface area contributed by atoms with Crippen molar-refractivity contribution >= 4 is 5.97 Å². The molecule has 0 aromatic heterocycles. The van der Waals surface area contributed by atoms with Gasteiger partial charge in [0.05, 0.1) is 18.6 Å². The van der Waals surface area contributed by atoms with Gasteiger partial charge in [0.15, 0.2) is 0 Å². The summed E-state index contributed by atoms with van der Waals surface area (Å²) in [5.74, 6) is -0.889. The fraction of sp³-hybridized carbons (Fsp3) is 0.417. The second-order valence-corrected chi connectivity index (χ2v) is 3.93. The summed E-state index contributed by atoms with van der Waals surface area (Å²) in [6.07, 6.45) is 1.44. The Morgan fingerprint density at radius 3 is 2.60 bits per heavy atom. The van der Waals surface area contributed by atoms with Crippen molar-refractivity contribution in [3.05, 3.63) is 35.9 Å². The average molecular weight is 206 g/mol. The number of benzene rings is 1. The summed E-state index contributed by atoms with van der Waals surface area (Å²) in [6, 6.07) is 9.92. The fourth-order valence-electron chi connectivity index (χ4n) is 1.69. The molecule has 15 heavy (non-hydrogen) atoms. The first-order chi connectivity index (χ1) is 7.25. The van der Waals surface area contributed by atoms with Gasteiger partial charge >= 0.3 is 5.97 Å². The Morgan fingerprint density at radius 1 is 1.33 bits per heavy atom. The maximum atomic E-state index is 10.5. The lowest BCUT2D eigenvalue weighted by Gasteiger charge is -2.32. The summed E-state index contributed by atoms with van der Waals surface area (Å²) >= 11 is 0. The van der Waals surface area contributed by atoms with Gasteiger partial charge in [0, 0.05) is 0 Å². The van der Waals surface area contributed by atoms with Crippen LogP contribution < -0.4 is 0 Å². The molecular formula is C12H14O3. The first kappa shape index (κ1) is 10.2. The molecule has 1 fully saturated rings. The molecule has 3 nitrogen and oxygen atoms in total. The zero-order valence-electron chi connectivity index (χ0n) is 8.43. The molecule has 0 radical (unpaired) electrons.